The van der Waals surface area contributed by atoms with Crippen molar-refractivity contribution in [1.29, 1.82) is 0 Å². The second-order valence-electron chi connectivity index (χ2n) is 3.76. The molecule has 86 valence electrons. The van der Waals surface area contributed by atoms with Crippen molar-refractivity contribution in [1.82, 2.24) is 5.32 Å². The maximum absolute atomic E-state index is 11.8. The zero-order valence-electron chi connectivity index (χ0n) is 9.24. The molecule has 0 aromatic heterocycles. The van der Waals surface area contributed by atoms with E-state index in [2.05, 4.69) is 27.8 Å². The van der Waals surface area contributed by atoms with Crippen molar-refractivity contribution < 1.29 is 4.79 Å². The molecule has 0 heterocycles. The molecule has 0 unspecified atom stereocenters. The topological polar surface area (TPSA) is 29.1 Å². The van der Waals surface area contributed by atoms with Crippen molar-refractivity contribution in [2.24, 2.45) is 0 Å². The van der Waals surface area contributed by atoms with E-state index < -0.39 is 0 Å². The molecule has 0 spiro atoms. The third-order valence-corrected chi connectivity index (χ3v) is 2.73. The summed E-state index contributed by atoms with van der Waals surface area (Å²) in [6.45, 7) is 4.11. The van der Waals surface area contributed by atoms with E-state index in [1.807, 2.05) is 42.5 Å². The van der Waals surface area contributed by atoms with Crippen LogP contribution < -0.4 is 5.32 Å². The molecule has 2 aromatic rings. The number of benzene rings is 2. The third-order valence-electron chi connectivity index (χ3n) is 2.45. The third kappa shape index (κ3) is 2.94. The number of rotatable bonds is 3. The number of hydrogen-bond donors (Lipinski definition) is 1. The highest BCUT2D eigenvalue weighted by atomic mass is 79.9. The largest absolute Gasteiger partial charge is 0.347 e. The number of carbonyl (C=O) groups excluding carboxylic acids is 1. The van der Waals surface area contributed by atoms with Crippen LogP contribution >= 0.6 is 15.9 Å². The van der Waals surface area contributed by atoms with Gasteiger partial charge in [-0.1, -0.05) is 52.8 Å². The molecule has 0 aliphatic rings. The van der Waals surface area contributed by atoms with Crippen LogP contribution in [-0.2, 0) is 0 Å². The van der Waals surface area contributed by atoms with Gasteiger partial charge in [0.15, 0.2) is 0 Å². The normalized spacial score (nSPS) is 10.2. The van der Waals surface area contributed by atoms with E-state index >= 15 is 0 Å². The molecule has 0 radical (unpaired) electrons. The van der Waals surface area contributed by atoms with Crippen LogP contribution in [-0.4, -0.2) is 12.5 Å². The van der Waals surface area contributed by atoms with Gasteiger partial charge in [0.25, 0.3) is 5.91 Å². The zero-order valence-corrected chi connectivity index (χ0v) is 10.8. The van der Waals surface area contributed by atoms with Crippen LogP contribution in [0.1, 0.15) is 10.4 Å². The highest BCUT2D eigenvalue weighted by Gasteiger charge is 2.05. The lowest BCUT2D eigenvalue weighted by Gasteiger charge is -2.05. The van der Waals surface area contributed by atoms with E-state index in [1.165, 1.54) is 0 Å². The van der Waals surface area contributed by atoms with Crippen LogP contribution in [0.2, 0.25) is 0 Å². The fourth-order valence-electron chi connectivity index (χ4n) is 1.61. The molecule has 2 rings (SSSR count). The lowest BCUT2D eigenvalue weighted by molar-refractivity contribution is 0.0958. The van der Waals surface area contributed by atoms with Crippen molar-refractivity contribution in [3.05, 3.63) is 59.1 Å². The van der Waals surface area contributed by atoms with Gasteiger partial charge in [0, 0.05) is 16.6 Å². The Hall–Kier alpha value is -1.61. The summed E-state index contributed by atoms with van der Waals surface area (Å²) in [6.07, 6.45) is 0. The van der Waals surface area contributed by atoms with Crippen molar-refractivity contribution in [3.8, 4) is 0 Å². The molecule has 1 amide bonds. The summed E-state index contributed by atoms with van der Waals surface area (Å²) >= 11 is 3.21. The minimum atomic E-state index is -0.0867. The van der Waals surface area contributed by atoms with Crippen LogP contribution in [0, 0.1) is 0 Å². The Kier molecular flexibility index (Phi) is 3.59. The monoisotopic (exact) mass is 289 g/mol. The Labute approximate surface area is 108 Å². The predicted octanol–water partition coefficient (Wildman–Crippen LogP) is 3.48. The first-order valence-corrected chi connectivity index (χ1v) is 6.06. The van der Waals surface area contributed by atoms with Gasteiger partial charge >= 0.3 is 0 Å². The molecule has 0 aliphatic heterocycles. The number of halogens is 1. The molecule has 0 atom stereocenters. The lowest BCUT2D eigenvalue weighted by atomic mass is 10.1. The number of hydrogen-bond acceptors (Lipinski definition) is 1. The Morgan fingerprint density at radius 1 is 1.18 bits per heavy atom. The van der Waals surface area contributed by atoms with Gasteiger partial charge in [-0.15, -0.1) is 0 Å². The maximum Gasteiger partial charge on any atom is 0.251 e. The molecule has 17 heavy (non-hydrogen) atoms. The SMILES string of the molecule is C=C(Br)CNC(=O)c1ccc2ccccc2c1. The average molecular weight is 290 g/mol. The van der Waals surface area contributed by atoms with E-state index in [1.54, 1.807) is 0 Å². The molecule has 0 aliphatic carbocycles. The predicted molar refractivity (Wildman–Crippen MR) is 74.3 cm³/mol. The molecule has 2 aromatic carbocycles. The van der Waals surface area contributed by atoms with Gasteiger partial charge in [-0.3, -0.25) is 4.79 Å². The molecule has 1 N–H and O–H groups in total. The lowest BCUT2D eigenvalue weighted by Crippen LogP contribution is -2.24. The number of amides is 1. The van der Waals surface area contributed by atoms with E-state index in [0.717, 1.165) is 15.3 Å². The summed E-state index contributed by atoms with van der Waals surface area (Å²) in [5.74, 6) is -0.0867. The zero-order chi connectivity index (χ0) is 12.3. The molecule has 0 bridgehead atoms. The summed E-state index contributed by atoms with van der Waals surface area (Å²) in [7, 11) is 0. The van der Waals surface area contributed by atoms with Crippen LogP contribution in [0.3, 0.4) is 0 Å². The standard InChI is InChI=1S/C14H12BrNO/c1-10(15)9-16-14(17)13-7-6-11-4-2-3-5-12(11)8-13/h2-8H,1,9H2,(H,16,17). The first kappa shape index (κ1) is 11.9. The quantitative estimate of drug-likeness (QED) is 0.921. The highest BCUT2D eigenvalue weighted by Crippen LogP contribution is 2.15. The van der Waals surface area contributed by atoms with Crippen LogP contribution in [0.5, 0.6) is 0 Å². The van der Waals surface area contributed by atoms with Gasteiger partial charge < -0.3 is 5.32 Å². The minimum Gasteiger partial charge on any atom is -0.347 e. The Morgan fingerprint density at radius 2 is 1.88 bits per heavy atom. The van der Waals surface area contributed by atoms with Gasteiger partial charge in [-0.05, 0) is 22.9 Å². The molecule has 3 heteroatoms. The van der Waals surface area contributed by atoms with Gasteiger partial charge in [0.1, 0.15) is 0 Å². The minimum absolute atomic E-state index is 0.0867. The molecular weight excluding hydrogens is 278 g/mol. The van der Waals surface area contributed by atoms with Crippen LogP contribution in [0.25, 0.3) is 10.8 Å². The summed E-state index contributed by atoms with van der Waals surface area (Å²) < 4.78 is 0.756. The first-order valence-electron chi connectivity index (χ1n) is 5.27. The summed E-state index contributed by atoms with van der Waals surface area (Å²) in [5.41, 5.74) is 0.664. The average Bonchev–Trinajstić information content (AvgIpc) is 2.35. The summed E-state index contributed by atoms with van der Waals surface area (Å²) in [5, 5.41) is 4.98. The molecular formula is C14H12BrNO. The Bertz CT molecular complexity index is 577. The van der Waals surface area contributed by atoms with Crippen molar-refractivity contribution >= 4 is 32.6 Å². The van der Waals surface area contributed by atoms with Gasteiger partial charge in [0.05, 0.1) is 0 Å². The van der Waals surface area contributed by atoms with Crippen molar-refractivity contribution in [2.75, 3.05) is 6.54 Å². The van der Waals surface area contributed by atoms with Gasteiger partial charge in [-0.2, -0.15) is 0 Å². The fraction of sp³-hybridized carbons (Fsp3) is 0.0714. The van der Waals surface area contributed by atoms with Crippen LogP contribution in [0.15, 0.2) is 53.5 Å². The molecule has 2 nitrogen and oxygen atoms in total. The maximum atomic E-state index is 11.8. The Morgan fingerprint density at radius 3 is 2.59 bits per heavy atom. The highest BCUT2D eigenvalue weighted by molar-refractivity contribution is 9.11. The first-order chi connectivity index (χ1) is 8.16. The molecule has 0 fully saturated rings. The summed E-state index contributed by atoms with van der Waals surface area (Å²) in [4.78, 5) is 11.8. The van der Waals surface area contributed by atoms with Crippen LogP contribution in [0.4, 0.5) is 0 Å². The molecule has 0 saturated carbocycles. The second-order valence-corrected chi connectivity index (χ2v) is 4.88. The van der Waals surface area contributed by atoms with E-state index in [4.69, 9.17) is 0 Å². The molecule has 0 saturated heterocycles. The van der Waals surface area contributed by atoms with E-state index in [9.17, 15) is 4.79 Å². The van der Waals surface area contributed by atoms with Gasteiger partial charge in [0.2, 0.25) is 0 Å². The fourth-order valence-corrected chi connectivity index (χ4v) is 1.75. The Balaban J connectivity index is 2.24. The summed E-state index contributed by atoms with van der Waals surface area (Å²) in [6, 6.07) is 13.6. The van der Waals surface area contributed by atoms with Gasteiger partial charge in [-0.25, -0.2) is 0 Å². The number of nitrogens with one attached hydrogen (secondary N) is 1. The van der Waals surface area contributed by atoms with E-state index in [0.29, 0.717) is 12.1 Å². The number of fused-ring (bicyclic) bond motifs is 1. The number of carbonyl (C=O) groups is 1. The van der Waals surface area contributed by atoms with E-state index in [-0.39, 0.29) is 5.91 Å². The smallest absolute Gasteiger partial charge is 0.251 e. The van der Waals surface area contributed by atoms with Crippen molar-refractivity contribution in [3.63, 3.8) is 0 Å². The van der Waals surface area contributed by atoms with Crippen molar-refractivity contribution in [2.45, 2.75) is 0 Å². The second kappa shape index (κ2) is 5.15.